The molecule has 1 fully saturated rings. The molecule has 36 heavy (non-hydrogen) atoms. The molecule has 1 aliphatic rings. The monoisotopic (exact) mass is 525 g/mol. The first-order valence-corrected chi connectivity index (χ1v) is 13.5. The molecule has 9 heteroatoms. The second-order valence-corrected chi connectivity index (χ2v) is 11.2. The number of halogens is 2. The van der Waals surface area contributed by atoms with Crippen molar-refractivity contribution in [2.75, 3.05) is 26.2 Å². The highest BCUT2D eigenvalue weighted by molar-refractivity contribution is 7.89. The Morgan fingerprint density at radius 3 is 2.25 bits per heavy atom. The van der Waals surface area contributed by atoms with Crippen LogP contribution in [0, 0.1) is 5.82 Å². The number of carbonyl (C=O) groups is 1. The van der Waals surface area contributed by atoms with Gasteiger partial charge in [0.15, 0.2) is 0 Å². The van der Waals surface area contributed by atoms with Crippen molar-refractivity contribution in [3.63, 3.8) is 0 Å². The van der Waals surface area contributed by atoms with E-state index in [1.165, 1.54) is 28.6 Å². The van der Waals surface area contributed by atoms with E-state index < -0.39 is 10.0 Å². The van der Waals surface area contributed by atoms with Crippen molar-refractivity contribution >= 4 is 38.4 Å². The van der Waals surface area contributed by atoms with Crippen LogP contribution in [-0.2, 0) is 27.8 Å². The van der Waals surface area contributed by atoms with E-state index in [2.05, 4.69) is 4.57 Å². The Morgan fingerprint density at radius 1 is 0.889 bits per heavy atom. The van der Waals surface area contributed by atoms with Gasteiger partial charge in [0, 0.05) is 54.8 Å². The molecule has 2 heterocycles. The fourth-order valence-corrected chi connectivity index (χ4v) is 6.14. The highest BCUT2D eigenvalue weighted by atomic mass is 35.5. The van der Waals surface area contributed by atoms with Gasteiger partial charge in [-0.05, 0) is 53.6 Å². The average Bonchev–Trinajstić information content (AvgIpc) is 3.22. The molecule has 0 radical (unpaired) electrons. The van der Waals surface area contributed by atoms with E-state index in [-0.39, 0.29) is 36.1 Å². The zero-order chi connectivity index (χ0) is 25.3. The van der Waals surface area contributed by atoms with Crippen LogP contribution >= 0.6 is 11.6 Å². The first-order valence-electron chi connectivity index (χ1n) is 11.7. The van der Waals surface area contributed by atoms with Gasteiger partial charge in [0.05, 0.1) is 11.3 Å². The summed E-state index contributed by atoms with van der Waals surface area (Å²) < 4.78 is 42.7. The Balaban J connectivity index is 1.28. The molecule has 0 spiro atoms. The fourth-order valence-electron chi connectivity index (χ4n) is 4.59. The smallest absolute Gasteiger partial charge is 0.243 e. The van der Waals surface area contributed by atoms with E-state index >= 15 is 0 Å². The summed E-state index contributed by atoms with van der Waals surface area (Å²) in [6.07, 6.45) is 2.20. The highest BCUT2D eigenvalue weighted by Gasteiger charge is 2.30. The maximum absolute atomic E-state index is 13.3. The normalized spacial score (nSPS) is 14.9. The molecule has 1 amide bonds. The molecule has 0 unspecified atom stereocenters. The number of nitrogens with zero attached hydrogens (tertiary/aromatic N) is 3. The summed E-state index contributed by atoms with van der Waals surface area (Å²) >= 11 is 5.88. The van der Waals surface area contributed by atoms with Crippen molar-refractivity contribution in [3.05, 3.63) is 101 Å². The fraction of sp³-hybridized carbons (Fsp3) is 0.222. The maximum Gasteiger partial charge on any atom is 0.243 e. The lowest BCUT2D eigenvalue weighted by Gasteiger charge is -2.34. The first-order chi connectivity index (χ1) is 17.3. The van der Waals surface area contributed by atoms with Gasteiger partial charge in [-0.3, -0.25) is 4.79 Å². The predicted octanol–water partition coefficient (Wildman–Crippen LogP) is 4.56. The molecule has 186 valence electrons. The van der Waals surface area contributed by atoms with Crippen molar-refractivity contribution in [1.82, 2.24) is 13.8 Å². The number of amides is 1. The third-order valence-electron chi connectivity index (χ3n) is 6.52. The van der Waals surface area contributed by atoms with Crippen molar-refractivity contribution in [2.45, 2.75) is 17.9 Å². The first kappa shape index (κ1) is 24.5. The molecule has 1 aromatic heterocycles. The summed E-state index contributed by atoms with van der Waals surface area (Å²) in [6, 6.07) is 20.4. The van der Waals surface area contributed by atoms with E-state index in [0.29, 0.717) is 24.7 Å². The largest absolute Gasteiger partial charge is 0.343 e. The zero-order valence-corrected chi connectivity index (χ0v) is 21.1. The van der Waals surface area contributed by atoms with Crippen LogP contribution in [0.25, 0.3) is 10.9 Å². The van der Waals surface area contributed by atoms with Gasteiger partial charge in [-0.25, -0.2) is 12.8 Å². The predicted molar refractivity (Wildman–Crippen MR) is 138 cm³/mol. The standard InChI is InChI=1S/C27H25ClFN3O3S/c28-22-7-11-24(12-8-22)36(34,35)32-15-13-30(14-16-32)27(33)17-21-19-31(26-4-2-1-3-25(21)26)18-20-5-9-23(29)10-6-20/h1-12,19H,13-18H2. The van der Waals surface area contributed by atoms with Crippen LogP contribution in [0.4, 0.5) is 4.39 Å². The number of benzene rings is 3. The summed E-state index contributed by atoms with van der Waals surface area (Å²) in [5, 5.41) is 1.47. The molecule has 4 aromatic rings. The Labute approximate surface area is 214 Å². The summed E-state index contributed by atoms with van der Waals surface area (Å²) in [7, 11) is -3.63. The lowest BCUT2D eigenvalue weighted by molar-refractivity contribution is -0.131. The average molecular weight is 526 g/mol. The van der Waals surface area contributed by atoms with Gasteiger partial charge in [-0.2, -0.15) is 4.31 Å². The van der Waals surface area contributed by atoms with Crippen molar-refractivity contribution in [3.8, 4) is 0 Å². The summed E-state index contributed by atoms with van der Waals surface area (Å²) in [6.45, 7) is 1.71. The van der Waals surface area contributed by atoms with E-state index in [4.69, 9.17) is 11.6 Å². The second-order valence-electron chi connectivity index (χ2n) is 8.84. The lowest BCUT2D eigenvalue weighted by Crippen LogP contribution is -2.50. The number of carbonyl (C=O) groups excluding carboxylic acids is 1. The Hall–Kier alpha value is -3.20. The van der Waals surface area contributed by atoms with Crippen molar-refractivity contribution in [2.24, 2.45) is 0 Å². The zero-order valence-electron chi connectivity index (χ0n) is 19.5. The van der Waals surface area contributed by atoms with Crippen molar-refractivity contribution in [1.29, 1.82) is 0 Å². The van der Waals surface area contributed by atoms with E-state index in [9.17, 15) is 17.6 Å². The van der Waals surface area contributed by atoms with Gasteiger partial charge in [0.2, 0.25) is 15.9 Å². The molecule has 3 aromatic carbocycles. The van der Waals surface area contributed by atoms with E-state index in [0.717, 1.165) is 22.0 Å². The number of aromatic nitrogens is 1. The second kappa shape index (κ2) is 10.0. The van der Waals surface area contributed by atoms with Gasteiger partial charge in [-0.15, -0.1) is 0 Å². The molecular formula is C27H25ClFN3O3S. The topological polar surface area (TPSA) is 62.6 Å². The van der Waals surface area contributed by atoms with Crippen LogP contribution in [0.5, 0.6) is 0 Å². The van der Waals surface area contributed by atoms with Crippen molar-refractivity contribution < 1.29 is 17.6 Å². The third kappa shape index (κ3) is 5.02. The minimum Gasteiger partial charge on any atom is -0.343 e. The molecular weight excluding hydrogens is 501 g/mol. The van der Waals surface area contributed by atoms with Gasteiger partial charge in [0.25, 0.3) is 0 Å². The summed E-state index contributed by atoms with van der Waals surface area (Å²) in [4.78, 5) is 15.1. The Morgan fingerprint density at radius 2 is 1.56 bits per heavy atom. The summed E-state index contributed by atoms with van der Waals surface area (Å²) in [5.41, 5.74) is 2.88. The van der Waals surface area contributed by atoms with Crippen LogP contribution in [0.1, 0.15) is 11.1 Å². The van der Waals surface area contributed by atoms with Crippen LogP contribution in [-0.4, -0.2) is 54.3 Å². The Kier molecular flexibility index (Phi) is 6.83. The maximum atomic E-state index is 13.3. The Bertz CT molecular complexity index is 1490. The number of hydrogen-bond acceptors (Lipinski definition) is 3. The molecule has 0 bridgehead atoms. The molecule has 6 nitrogen and oxygen atoms in total. The van der Waals surface area contributed by atoms with Crippen LogP contribution in [0.15, 0.2) is 83.9 Å². The molecule has 1 saturated heterocycles. The van der Waals surface area contributed by atoms with Crippen LogP contribution in [0.3, 0.4) is 0 Å². The number of fused-ring (bicyclic) bond motifs is 1. The van der Waals surface area contributed by atoms with E-state index in [1.807, 2.05) is 30.5 Å². The third-order valence-corrected chi connectivity index (χ3v) is 8.69. The number of rotatable bonds is 6. The summed E-state index contributed by atoms with van der Waals surface area (Å²) in [5.74, 6) is -0.313. The van der Waals surface area contributed by atoms with E-state index in [1.54, 1.807) is 29.2 Å². The molecule has 0 aliphatic carbocycles. The van der Waals surface area contributed by atoms with Crippen LogP contribution < -0.4 is 0 Å². The molecule has 5 rings (SSSR count). The SMILES string of the molecule is O=C(Cc1cn(Cc2ccc(F)cc2)c2ccccc12)N1CCN(S(=O)(=O)c2ccc(Cl)cc2)CC1. The van der Waals surface area contributed by atoms with Gasteiger partial charge in [0.1, 0.15) is 5.82 Å². The number of piperazine rings is 1. The number of sulfonamides is 1. The van der Waals surface area contributed by atoms with Gasteiger partial charge in [-0.1, -0.05) is 41.9 Å². The minimum absolute atomic E-state index is 0.0387. The van der Waals surface area contributed by atoms with Gasteiger partial charge < -0.3 is 9.47 Å². The molecule has 0 saturated carbocycles. The minimum atomic E-state index is -3.63. The lowest BCUT2D eigenvalue weighted by atomic mass is 10.1. The van der Waals surface area contributed by atoms with Crippen LogP contribution in [0.2, 0.25) is 5.02 Å². The molecule has 0 atom stereocenters. The molecule has 1 aliphatic heterocycles. The number of para-hydroxylation sites is 1. The van der Waals surface area contributed by atoms with Gasteiger partial charge >= 0.3 is 0 Å². The highest BCUT2D eigenvalue weighted by Crippen LogP contribution is 2.25. The quantitative estimate of drug-likeness (QED) is 0.371. The molecule has 0 N–H and O–H groups in total. The number of hydrogen-bond donors (Lipinski definition) is 0.